The first kappa shape index (κ1) is 11.9. The van der Waals surface area contributed by atoms with E-state index in [2.05, 4.69) is 0 Å². The molecule has 3 heteroatoms. The molecule has 102 valence electrons. The van der Waals surface area contributed by atoms with Crippen LogP contribution in [-0.2, 0) is 9.47 Å². The predicted octanol–water partition coefficient (Wildman–Crippen LogP) is 3.67. The molecule has 0 radical (unpaired) electrons. The minimum atomic E-state index is -0.619. The van der Waals surface area contributed by atoms with Crippen LogP contribution in [0.4, 0.5) is 0 Å². The molecule has 0 spiro atoms. The molecule has 0 unspecified atom stereocenters. The van der Waals surface area contributed by atoms with E-state index >= 15 is 0 Å². The van der Waals surface area contributed by atoms with Gasteiger partial charge in [0.1, 0.15) is 6.10 Å². The first-order valence-electron chi connectivity index (χ1n) is 7.17. The third-order valence-corrected chi connectivity index (χ3v) is 4.29. The van der Waals surface area contributed by atoms with Crippen molar-refractivity contribution in [2.24, 2.45) is 0 Å². The lowest BCUT2D eigenvalue weighted by atomic mass is 9.97. The van der Waals surface area contributed by atoms with Gasteiger partial charge in [0, 0.05) is 6.42 Å². The Bertz CT molecular complexity index is 673. The largest absolute Gasteiger partial charge is 0.427 e. The monoisotopic (exact) mass is 268 g/mol. The van der Waals surface area contributed by atoms with E-state index in [1.165, 1.54) is 0 Å². The Morgan fingerprint density at radius 2 is 2.00 bits per heavy atom. The lowest BCUT2D eigenvalue weighted by Gasteiger charge is -2.18. The smallest absolute Gasteiger partial charge is 0.341 e. The minimum absolute atomic E-state index is 0.121. The number of benzene rings is 2. The number of carbonyl (C=O) groups excluding carboxylic acids is 1. The van der Waals surface area contributed by atoms with Crippen molar-refractivity contribution < 1.29 is 14.3 Å². The number of fused-ring (bicyclic) bond motifs is 2. The lowest BCUT2D eigenvalue weighted by molar-refractivity contribution is -0.0243. The van der Waals surface area contributed by atoms with Gasteiger partial charge in [0.05, 0.1) is 5.56 Å². The van der Waals surface area contributed by atoms with Crippen LogP contribution in [-0.4, -0.2) is 17.9 Å². The Morgan fingerprint density at radius 3 is 2.90 bits per heavy atom. The van der Waals surface area contributed by atoms with Crippen molar-refractivity contribution in [3.05, 3.63) is 48.0 Å². The fourth-order valence-corrected chi connectivity index (χ4v) is 3.16. The Hall–Kier alpha value is -1.87. The minimum Gasteiger partial charge on any atom is -0.427 e. The van der Waals surface area contributed by atoms with Crippen LogP contribution in [0.1, 0.15) is 36.0 Å². The normalized spacial score (nSPS) is 27.9. The molecule has 1 saturated heterocycles. The molecular formula is C17H16O3. The van der Waals surface area contributed by atoms with Gasteiger partial charge >= 0.3 is 5.97 Å². The topological polar surface area (TPSA) is 38.8 Å². The van der Waals surface area contributed by atoms with E-state index in [1.54, 1.807) is 0 Å². The molecule has 0 N–H and O–H groups in total. The average molecular weight is 268 g/mol. The van der Waals surface area contributed by atoms with Crippen LogP contribution < -0.4 is 0 Å². The molecule has 1 saturated carbocycles. The predicted molar refractivity (Wildman–Crippen MR) is 75.4 cm³/mol. The van der Waals surface area contributed by atoms with Crippen LogP contribution in [0.3, 0.4) is 0 Å². The molecule has 0 aromatic heterocycles. The summed E-state index contributed by atoms with van der Waals surface area (Å²) in [7, 11) is 0. The standard InChI is InChI=1S/C17H16O3/c18-16(20-17-11-4-3-10-15(17)19-17)14-9-5-7-12-6-1-2-8-13(12)14/h1-2,5-9,15H,3-4,10-11H2/t15-,17-/m1/s1. The number of epoxide rings is 1. The third-order valence-electron chi connectivity index (χ3n) is 4.29. The van der Waals surface area contributed by atoms with E-state index in [4.69, 9.17) is 9.47 Å². The fraction of sp³-hybridized carbons (Fsp3) is 0.353. The van der Waals surface area contributed by atoms with Gasteiger partial charge in [-0.25, -0.2) is 4.79 Å². The highest BCUT2D eigenvalue weighted by atomic mass is 16.8. The molecule has 1 aliphatic heterocycles. The van der Waals surface area contributed by atoms with Crippen molar-refractivity contribution in [2.75, 3.05) is 0 Å². The van der Waals surface area contributed by atoms with Crippen LogP contribution in [0.25, 0.3) is 10.8 Å². The maximum absolute atomic E-state index is 12.5. The summed E-state index contributed by atoms with van der Waals surface area (Å²) < 4.78 is 11.3. The van der Waals surface area contributed by atoms with Gasteiger partial charge < -0.3 is 9.47 Å². The van der Waals surface area contributed by atoms with E-state index in [0.29, 0.717) is 5.56 Å². The molecule has 2 aromatic carbocycles. The number of esters is 1. The summed E-state index contributed by atoms with van der Waals surface area (Å²) in [6.45, 7) is 0. The van der Waals surface area contributed by atoms with Crippen molar-refractivity contribution in [3.63, 3.8) is 0 Å². The Kier molecular flexibility index (Phi) is 2.57. The molecule has 3 nitrogen and oxygen atoms in total. The summed E-state index contributed by atoms with van der Waals surface area (Å²) in [6, 6.07) is 13.6. The van der Waals surface area contributed by atoms with E-state index in [-0.39, 0.29) is 12.1 Å². The highest BCUT2D eigenvalue weighted by Crippen LogP contribution is 2.49. The molecule has 1 aliphatic carbocycles. The maximum Gasteiger partial charge on any atom is 0.341 e. The van der Waals surface area contributed by atoms with Gasteiger partial charge in [-0.1, -0.05) is 42.8 Å². The molecule has 0 amide bonds. The van der Waals surface area contributed by atoms with Crippen LogP contribution >= 0.6 is 0 Å². The summed E-state index contributed by atoms with van der Waals surface area (Å²) in [4.78, 5) is 12.5. The van der Waals surface area contributed by atoms with E-state index in [0.717, 1.165) is 36.5 Å². The number of rotatable bonds is 2. The Balaban J connectivity index is 1.65. The molecular weight excluding hydrogens is 252 g/mol. The summed E-state index contributed by atoms with van der Waals surface area (Å²) in [5, 5.41) is 1.99. The van der Waals surface area contributed by atoms with Crippen LogP contribution in [0.2, 0.25) is 0 Å². The summed E-state index contributed by atoms with van der Waals surface area (Å²) in [5.41, 5.74) is 0.622. The van der Waals surface area contributed by atoms with Gasteiger partial charge in [0.15, 0.2) is 0 Å². The third kappa shape index (κ3) is 1.81. The number of hydrogen-bond acceptors (Lipinski definition) is 3. The molecule has 2 aromatic rings. The fourth-order valence-electron chi connectivity index (χ4n) is 3.16. The Labute approximate surface area is 117 Å². The highest BCUT2D eigenvalue weighted by molar-refractivity contribution is 6.04. The van der Waals surface area contributed by atoms with Gasteiger partial charge in [-0.3, -0.25) is 0 Å². The quantitative estimate of drug-likeness (QED) is 0.616. The van der Waals surface area contributed by atoms with Crippen molar-refractivity contribution in [1.82, 2.24) is 0 Å². The molecule has 20 heavy (non-hydrogen) atoms. The van der Waals surface area contributed by atoms with Crippen molar-refractivity contribution in [2.45, 2.75) is 37.6 Å². The SMILES string of the molecule is O=C(O[C@]12CCCC[C@H]1O2)c1cccc2ccccc12. The average Bonchev–Trinajstić information content (AvgIpc) is 3.20. The van der Waals surface area contributed by atoms with Gasteiger partial charge in [-0.05, 0) is 29.7 Å². The van der Waals surface area contributed by atoms with E-state index in [1.807, 2.05) is 42.5 Å². The molecule has 4 rings (SSSR count). The zero-order chi connectivity index (χ0) is 13.6. The van der Waals surface area contributed by atoms with Crippen molar-refractivity contribution >= 4 is 16.7 Å². The van der Waals surface area contributed by atoms with Gasteiger partial charge in [0.2, 0.25) is 5.79 Å². The summed E-state index contributed by atoms with van der Waals surface area (Å²) in [6.07, 6.45) is 4.18. The second kappa shape index (κ2) is 4.32. The number of ether oxygens (including phenoxy) is 2. The first-order chi connectivity index (χ1) is 9.78. The second-order valence-electron chi connectivity index (χ2n) is 5.58. The summed E-state index contributed by atoms with van der Waals surface area (Å²) in [5.74, 6) is -0.891. The molecule has 0 bridgehead atoms. The summed E-state index contributed by atoms with van der Waals surface area (Å²) >= 11 is 0. The number of hydrogen-bond donors (Lipinski definition) is 0. The van der Waals surface area contributed by atoms with Crippen LogP contribution in [0.15, 0.2) is 42.5 Å². The molecule has 2 fully saturated rings. The van der Waals surface area contributed by atoms with Gasteiger partial charge in [-0.15, -0.1) is 0 Å². The maximum atomic E-state index is 12.5. The first-order valence-corrected chi connectivity index (χ1v) is 7.17. The molecule has 1 heterocycles. The van der Waals surface area contributed by atoms with E-state index in [9.17, 15) is 4.79 Å². The molecule has 2 aliphatic rings. The van der Waals surface area contributed by atoms with Crippen molar-refractivity contribution in [1.29, 1.82) is 0 Å². The van der Waals surface area contributed by atoms with Crippen LogP contribution in [0.5, 0.6) is 0 Å². The second-order valence-corrected chi connectivity index (χ2v) is 5.58. The van der Waals surface area contributed by atoms with Gasteiger partial charge in [0.25, 0.3) is 0 Å². The highest BCUT2D eigenvalue weighted by Gasteiger charge is 2.61. The van der Waals surface area contributed by atoms with E-state index < -0.39 is 5.79 Å². The van der Waals surface area contributed by atoms with Crippen LogP contribution in [0, 0.1) is 0 Å². The van der Waals surface area contributed by atoms with Gasteiger partial charge in [-0.2, -0.15) is 0 Å². The lowest BCUT2D eigenvalue weighted by Crippen LogP contribution is -2.26. The number of carbonyl (C=O) groups is 1. The zero-order valence-corrected chi connectivity index (χ0v) is 11.2. The Morgan fingerprint density at radius 1 is 1.15 bits per heavy atom. The van der Waals surface area contributed by atoms with Crippen molar-refractivity contribution in [3.8, 4) is 0 Å². The molecule has 2 atom stereocenters. The zero-order valence-electron chi connectivity index (χ0n) is 11.2.